The number of ether oxygens (including phenoxy) is 1. The molecule has 0 atom stereocenters. The summed E-state index contributed by atoms with van der Waals surface area (Å²) >= 11 is 0. The van der Waals surface area contributed by atoms with Gasteiger partial charge < -0.3 is 9.64 Å². The van der Waals surface area contributed by atoms with Gasteiger partial charge in [0.15, 0.2) is 0 Å². The van der Waals surface area contributed by atoms with Gasteiger partial charge in [0.05, 0.1) is 11.5 Å². The number of piperazine rings is 1. The molecule has 0 aliphatic carbocycles. The monoisotopic (exact) mass is 486 g/mol. The number of esters is 1. The van der Waals surface area contributed by atoms with Crippen molar-refractivity contribution in [3.05, 3.63) is 46.9 Å². The molecule has 1 saturated heterocycles. The van der Waals surface area contributed by atoms with Crippen molar-refractivity contribution >= 4 is 27.6 Å². The van der Waals surface area contributed by atoms with Gasteiger partial charge in [-0.2, -0.15) is 18.9 Å². The Kier molecular flexibility index (Phi) is 6.85. The van der Waals surface area contributed by atoms with Crippen LogP contribution in [-0.4, -0.2) is 71.1 Å². The van der Waals surface area contributed by atoms with Crippen LogP contribution in [0.1, 0.15) is 35.7 Å². The average molecular weight is 487 g/mol. The van der Waals surface area contributed by atoms with E-state index in [4.69, 9.17) is 4.74 Å². The summed E-state index contributed by atoms with van der Waals surface area (Å²) in [6, 6.07) is 5.49. The van der Waals surface area contributed by atoms with Crippen molar-refractivity contribution in [1.29, 1.82) is 0 Å². The number of carbonyl (C=O) groups excluding carboxylic acids is 1. The molecule has 0 spiro atoms. The van der Waals surface area contributed by atoms with Gasteiger partial charge in [-0.3, -0.25) is 4.79 Å². The zero-order chi connectivity index (χ0) is 24.5. The molecule has 1 aromatic carbocycles. The third-order valence-electron chi connectivity index (χ3n) is 6.09. The van der Waals surface area contributed by atoms with E-state index < -0.39 is 10.0 Å². The quantitative estimate of drug-likeness (QED) is 0.467. The molecule has 1 aliphatic heterocycles. The Bertz CT molecular complexity index is 1310. The van der Waals surface area contributed by atoms with Crippen LogP contribution in [0.3, 0.4) is 0 Å². The van der Waals surface area contributed by atoms with Crippen LogP contribution in [0.15, 0.2) is 29.4 Å². The molecule has 1 aliphatic rings. The molecular weight excluding hydrogens is 456 g/mol. The summed E-state index contributed by atoms with van der Waals surface area (Å²) in [5.74, 6) is 1.00. The number of carbonyl (C=O) groups is 1. The number of hydrogen-bond acceptors (Lipinski definition) is 8. The number of sulfonamides is 1. The van der Waals surface area contributed by atoms with Crippen LogP contribution in [0.4, 0.5) is 5.82 Å². The van der Waals surface area contributed by atoms with E-state index >= 15 is 0 Å². The number of anilines is 1. The minimum absolute atomic E-state index is 0.227. The molecule has 0 N–H and O–H groups in total. The second-order valence-corrected chi connectivity index (χ2v) is 10.3. The number of fused-ring (bicyclic) bond motifs is 1. The zero-order valence-corrected chi connectivity index (χ0v) is 20.8. The Labute approximate surface area is 199 Å². The Morgan fingerprint density at radius 3 is 2.56 bits per heavy atom. The molecule has 0 bridgehead atoms. The van der Waals surface area contributed by atoms with E-state index in [1.807, 2.05) is 32.9 Å². The molecule has 2 aromatic heterocycles. The molecule has 3 heterocycles. The third kappa shape index (κ3) is 4.62. The van der Waals surface area contributed by atoms with Gasteiger partial charge >= 0.3 is 5.97 Å². The zero-order valence-electron chi connectivity index (χ0n) is 20.0. The van der Waals surface area contributed by atoms with E-state index in [0.29, 0.717) is 49.9 Å². The fraction of sp³-hybridized carbons (Fsp3) is 0.478. The van der Waals surface area contributed by atoms with E-state index in [0.717, 1.165) is 28.2 Å². The van der Waals surface area contributed by atoms with Gasteiger partial charge in [0.25, 0.3) is 5.78 Å². The topological polar surface area (TPSA) is 110 Å². The number of hydrogen-bond donors (Lipinski definition) is 0. The molecule has 3 aromatic rings. The predicted molar refractivity (Wildman–Crippen MR) is 127 cm³/mol. The Morgan fingerprint density at radius 2 is 1.85 bits per heavy atom. The highest BCUT2D eigenvalue weighted by atomic mass is 32.2. The summed E-state index contributed by atoms with van der Waals surface area (Å²) in [6.07, 6.45) is 2.12. The van der Waals surface area contributed by atoms with Gasteiger partial charge in [-0.25, -0.2) is 13.4 Å². The highest BCUT2D eigenvalue weighted by Crippen LogP contribution is 2.28. The maximum atomic E-state index is 13.4. The van der Waals surface area contributed by atoms with Gasteiger partial charge in [0.1, 0.15) is 12.1 Å². The summed E-state index contributed by atoms with van der Waals surface area (Å²) in [6.45, 7) is 9.35. The lowest BCUT2D eigenvalue weighted by Gasteiger charge is -2.36. The van der Waals surface area contributed by atoms with Crippen molar-refractivity contribution in [2.75, 3.05) is 37.7 Å². The fourth-order valence-corrected chi connectivity index (χ4v) is 6.04. The molecule has 34 heavy (non-hydrogen) atoms. The molecule has 1 fully saturated rings. The number of benzene rings is 1. The van der Waals surface area contributed by atoms with Crippen LogP contribution in [0.25, 0.3) is 5.78 Å². The number of aromatic nitrogens is 4. The number of rotatable bonds is 7. The smallest absolute Gasteiger partial charge is 0.306 e. The Morgan fingerprint density at radius 1 is 1.12 bits per heavy atom. The van der Waals surface area contributed by atoms with Crippen molar-refractivity contribution in [3.8, 4) is 0 Å². The van der Waals surface area contributed by atoms with E-state index in [1.165, 1.54) is 10.6 Å². The van der Waals surface area contributed by atoms with E-state index in [9.17, 15) is 13.2 Å². The Balaban J connectivity index is 1.60. The third-order valence-corrected chi connectivity index (χ3v) is 8.13. The van der Waals surface area contributed by atoms with Gasteiger partial charge in [-0.1, -0.05) is 12.1 Å². The van der Waals surface area contributed by atoms with Crippen molar-refractivity contribution in [3.63, 3.8) is 0 Å². The number of nitrogens with zero attached hydrogens (tertiary/aromatic N) is 6. The summed E-state index contributed by atoms with van der Waals surface area (Å²) in [5, 5.41) is 4.35. The van der Waals surface area contributed by atoms with Crippen molar-refractivity contribution in [1.82, 2.24) is 23.9 Å². The molecule has 10 nitrogen and oxygen atoms in total. The van der Waals surface area contributed by atoms with Gasteiger partial charge in [-0.05, 0) is 51.3 Å². The molecule has 4 rings (SSSR count). The van der Waals surface area contributed by atoms with Crippen LogP contribution >= 0.6 is 0 Å². The summed E-state index contributed by atoms with van der Waals surface area (Å²) < 4.78 is 35.0. The summed E-state index contributed by atoms with van der Waals surface area (Å²) in [5.41, 5.74) is 3.31. The molecule has 0 amide bonds. The van der Waals surface area contributed by atoms with E-state index in [-0.39, 0.29) is 12.4 Å². The van der Waals surface area contributed by atoms with Crippen LogP contribution < -0.4 is 4.90 Å². The molecule has 182 valence electrons. The van der Waals surface area contributed by atoms with E-state index in [1.54, 1.807) is 17.5 Å². The van der Waals surface area contributed by atoms with Crippen molar-refractivity contribution < 1.29 is 17.9 Å². The number of aryl methyl sites for hydroxylation is 3. The first-order valence-electron chi connectivity index (χ1n) is 11.4. The first-order chi connectivity index (χ1) is 16.2. The van der Waals surface area contributed by atoms with Crippen LogP contribution in [0.2, 0.25) is 0 Å². The molecule has 0 unspecified atom stereocenters. The van der Waals surface area contributed by atoms with Crippen molar-refractivity contribution in [2.45, 2.75) is 45.4 Å². The first-order valence-corrected chi connectivity index (χ1v) is 12.8. The second kappa shape index (κ2) is 9.67. The molecule has 11 heteroatoms. The van der Waals surface area contributed by atoms with Crippen LogP contribution in [-0.2, 0) is 26.0 Å². The van der Waals surface area contributed by atoms with Gasteiger partial charge in [0, 0.05) is 43.9 Å². The van der Waals surface area contributed by atoms with Crippen LogP contribution in [0, 0.1) is 20.8 Å². The lowest BCUT2D eigenvalue weighted by Crippen LogP contribution is -2.49. The van der Waals surface area contributed by atoms with Crippen LogP contribution in [0.5, 0.6) is 0 Å². The summed E-state index contributed by atoms with van der Waals surface area (Å²) in [4.78, 5) is 23.2. The minimum Gasteiger partial charge on any atom is -0.466 e. The average Bonchev–Trinajstić information content (AvgIpc) is 3.27. The molecular formula is C23H30N6O4S. The summed E-state index contributed by atoms with van der Waals surface area (Å²) in [7, 11) is -3.60. The standard InChI is InChI=1S/C23H30N6O4S/c1-5-33-21(30)9-8-19-18(4)26-23-24-15-25-29(23)22(19)27-10-12-28(13-11-27)34(31,32)20-14-16(2)6-7-17(20)3/h6-7,14-15H,5,8-13H2,1-4H3. The molecule has 0 saturated carbocycles. The largest absolute Gasteiger partial charge is 0.466 e. The minimum atomic E-state index is -3.60. The molecule has 0 radical (unpaired) electrons. The normalized spacial score (nSPS) is 15.1. The van der Waals surface area contributed by atoms with Crippen molar-refractivity contribution in [2.24, 2.45) is 0 Å². The Hall–Kier alpha value is -3.05. The predicted octanol–water partition coefficient (Wildman–Crippen LogP) is 2.06. The highest BCUT2D eigenvalue weighted by Gasteiger charge is 2.32. The van der Waals surface area contributed by atoms with Gasteiger partial charge in [0.2, 0.25) is 10.0 Å². The van der Waals surface area contributed by atoms with Gasteiger partial charge in [-0.15, -0.1) is 0 Å². The SMILES string of the molecule is CCOC(=O)CCc1c(C)nc2ncnn2c1N1CCN(S(=O)(=O)c2cc(C)ccc2C)CC1. The highest BCUT2D eigenvalue weighted by molar-refractivity contribution is 7.89. The first kappa shape index (κ1) is 24.1. The maximum Gasteiger partial charge on any atom is 0.306 e. The lowest BCUT2D eigenvalue weighted by atomic mass is 10.1. The maximum absolute atomic E-state index is 13.4. The fourth-order valence-electron chi connectivity index (χ4n) is 4.31. The lowest BCUT2D eigenvalue weighted by molar-refractivity contribution is -0.143. The second-order valence-electron chi connectivity index (χ2n) is 8.44. The van der Waals surface area contributed by atoms with E-state index in [2.05, 4.69) is 20.0 Å².